The summed E-state index contributed by atoms with van der Waals surface area (Å²) in [7, 11) is -2.13. The molecule has 19 heavy (non-hydrogen) atoms. The molecular weight excluding hydrogens is 288 g/mol. The van der Waals surface area contributed by atoms with E-state index < -0.39 is 15.1 Å². The van der Waals surface area contributed by atoms with Gasteiger partial charge in [-0.15, -0.1) is 0 Å². The number of methoxy groups -OCH3 is 1. The molecule has 0 N–H and O–H groups in total. The maximum atomic E-state index is 12.3. The Hall–Kier alpha value is -1.07. The average Bonchev–Trinajstić information content (AvgIpc) is 2.24. The first-order valence-electron chi connectivity index (χ1n) is 5.67. The quantitative estimate of drug-likeness (QED) is 0.803. The highest BCUT2D eigenvalue weighted by molar-refractivity contribution is 7.91. The average molecular weight is 305 g/mol. The summed E-state index contributed by atoms with van der Waals surface area (Å²) >= 11 is 5.36. The van der Waals surface area contributed by atoms with Crippen LogP contribution >= 0.6 is 11.6 Å². The molecule has 0 spiro atoms. The number of rotatable bonds is 4. The van der Waals surface area contributed by atoms with Crippen molar-refractivity contribution in [3.63, 3.8) is 0 Å². The van der Waals surface area contributed by atoms with Crippen LogP contribution in [0.5, 0.6) is 5.75 Å². The molecule has 1 rings (SSSR count). The van der Waals surface area contributed by atoms with Gasteiger partial charge in [-0.3, -0.25) is 4.79 Å². The van der Waals surface area contributed by atoms with Crippen LogP contribution in [-0.4, -0.2) is 26.5 Å². The van der Waals surface area contributed by atoms with Crippen molar-refractivity contribution >= 4 is 26.7 Å². The smallest absolute Gasteiger partial charge is 0.252 e. The molecule has 0 radical (unpaired) electrons. The molecule has 1 aromatic rings. The maximum Gasteiger partial charge on any atom is 0.252 e. The van der Waals surface area contributed by atoms with Gasteiger partial charge in [0.2, 0.25) is 0 Å². The second kappa shape index (κ2) is 5.51. The minimum absolute atomic E-state index is 0.00940. The lowest BCUT2D eigenvalue weighted by Crippen LogP contribution is -2.21. The molecule has 0 atom stereocenters. The van der Waals surface area contributed by atoms with Crippen molar-refractivity contribution in [2.45, 2.75) is 25.7 Å². The summed E-state index contributed by atoms with van der Waals surface area (Å²) in [5.41, 5.74) is -0.168. The van der Waals surface area contributed by atoms with Gasteiger partial charge in [-0.1, -0.05) is 20.8 Å². The van der Waals surface area contributed by atoms with Gasteiger partial charge < -0.3 is 4.74 Å². The number of carbonyl (C=O) groups is 1. The Balaban J connectivity index is 3.31. The van der Waals surface area contributed by atoms with Crippen molar-refractivity contribution in [2.24, 2.45) is 5.41 Å². The molecule has 106 valence electrons. The van der Waals surface area contributed by atoms with Crippen LogP contribution in [0.1, 0.15) is 31.1 Å². The van der Waals surface area contributed by atoms with Crippen LogP contribution in [0, 0.1) is 5.41 Å². The van der Waals surface area contributed by atoms with Crippen molar-refractivity contribution in [3.8, 4) is 5.75 Å². The lowest BCUT2D eigenvalue weighted by molar-refractivity contribution is 0.108. The van der Waals surface area contributed by atoms with E-state index in [0.717, 1.165) is 0 Å². The predicted molar refractivity (Wildman–Crippen MR) is 74.7 cm³/mol. The van der Waals surface area contributed by atoms with E-state index in [1.165, 1.54) is 25.3 Å². The van der Waals surface area contributed by atoms with Crippen molar-refractivity contribution in [1.29, 1.82) is 0 Å². The Morgan fingerprint density at radius 1 is 1.32 bits per heavy atom. The van der Waals surface area contributed by atoms with Crippen LogP contribution in [-0.2, 0) is 9.84 Å². The number of hydrogen-bond donors (Lipinski definition) is 0. The third-order valence-corrected chi connectivity index (χ3v) is 4.82. The second-order valence-electron chi connectivity index (χ2n) is 5.46. The first-order valence-corrected chi connectivity index (χ1v) is 7.70. The van der Waals surface area contributed by atoms with Crippen LogP contribution in [0.4, 0.5) is 0 Å². The molecule has 0 aromatic heterocycles. The molecule has 0 aliphatic rings. The summed E-state index contributed by atoms with van der Waals surface area (Å²) < 4.78 is 29.7. The highest BCUT2D eigenvalue weighted by Crippen LogP contribution is 2.30. The van der Waals surface area contributed by atoms with Gasteiger partial charge in [0.05, 0.1) is 12.9 Å². The van der Waals surface area contributed by atoms with Crippen molar-refractivity contribution in [3.05, 3.63) is 23.8 Å². The predicted octanol–water partition coefficient (Wildman–Crippen LogP) is 2.89. The highest BCUT2D eigenvalue weighted by Gasteiger charge is 2.26. The van der Waals surface area contributed by atoms with Crippen molar-refractivity contribution in [2.75, 3.05) is 12.9 Å². The standard InChI is InChI=1S/C13H17ClO4S/c1-13(2,3)8-19(16,17)11-6-5-9(12(14)15)7-10(11)18-4/h5-7H,8H2,1-4H3. The molecule has 0 heterocycles. The molecule has 0 unspecified atom stereocenters. The molecule has 1 aromatic carbocycles. The molecule has 0 fully saturated rings. The van der Waals surface area contributed by atoms with Gasteiger partial charge in [-0.05, 0) is 35.2 Å². The Morgan fingerprint density at radius 3 is 2.32 bits per heavy atom. The zero-order valence-electron chi connectivity index (χ0n) is 11.4. The third kappa shape index (κ3) is 4.21. The summed E-state index contributed by atoms with van der Waals surface area (Å²) in [6.07, 6.45) is 0. The normalized spacial score (nSPS) is 12.3. The summed E-state index contributed by atoms with van der Waals surface area (Å²) in [6.45, 7) is 5.52. The topological polar surface area (TPSA) is 60.4 Å². The summed E-state index contributed by atoms with van der Waals surface area (Å²) in [5.74, 6) is 0.126. The number of ether oxygens (including phenoxy) is 1. The molecule has 0 aliphatic carbocycles. The van der Waals surface area contributed by atoms with E-state index in [1.807, 2.05) is 20.8 Å². The maximum absolute atomic E-state index is 12.3. The molecule has 0 saturated heterocycles. The van der Waals surface area contributed by atoms with Gasteiger partial charge >= 0.3 is 0 Å². The first kappa shape index (κ1) is 16.0. The second-order valence-corrected chi connectivity index (χ2v) is 7.76. The van der Waals surface area contributed by atoms with Crippen molar-refractivity contribution < 1.29 is 17.9 Å². The molecule has 4 nitrogen and oxygen atoms in total. The van der Waals surface area contributed by atoms with Gasteiger partial charge in [0.1, 0.15) is 10.6 Å². The number of sulfone groups is 1. The van der Waals surface area contributed by atoms with E-state index in [1.54, 1.807) is 0 Å². The fraction of sp³-hybridized carbons (Fsp3) is 0.462. The van der Waals surface area contributed by atoms with E-state index in [2.05, 4.69) is 0 Å². The highest BCUT2D eigenvalue weighted by atomic mass is 35.5. The Kier molecular flexibility index (Phi) is 4.63. The minimum Gasteiger partial charge on any atom is -0.495 e. The Morgan fingerprint density at radius 2 is 1.89 bits per heavy atom. The number of carbonyl (C=O) groups excluding carboxylic acids is 1. The lowest BCUT2D eigenvalue weighted by Gasteiger charge is -2.19. The van der Waals surface area contributed by atoms with E-state index >= 15 is 0 Å². The molecule has 0 saturated carbocycles. The fourth-order valence-electron chi connectivity index (χ4n) is 1.69. The molecule has 0 bridgehead atoms. The van der Waals surface area contributed by atoms with Gasteiger partial charge in [0.15, 0.2) is 9.84 Å². The van der Waals surface area contributed by atoms with E-state index in [9.17, 15) is 13.2 Å². The van der Waals surface area contributed by atoms with Crippen LogP contribution < -0.4 is 4.74 Å². The Labute approximate surface area is 118 Å². The van der Waals surface area contributed by atoms with E-state index in [-0.39, 0.29) is 27.4 Å². The number of hydrogen-bond acceptors (Lipinski definition) is 4. The minimum atomic E-state index is -3.48. The zero-order valence-corrected chi connectivity index (χ0v) is 12.9. The van der Waals surface area contributed by atoms with E-state index in [0.29, 0.717) is 0 Å². The van der Waals surface area contributed by atoms with Crippen molar-refractivity contribution in [1.82, 2.24) is 0 Å². The van der Waals surface area contributed by atoms with Gasteiger partial charge in [-0.25, -0.2) is 8.42 Å². The van der Waals surface area contributed by atoms with Crippen LogP contribution in [0.25, 0.3) is 0 Å². The molecule has 0 amide bonds. The molecule has 0 aliphatic heterocycles. The Bertz CT molecular complexity index is 585. The monoisotopic (exact) mass is 304 g/mol. The van der Waals surface area contributed by atoms with Crippen LogP contribution in [0.2, 0.25) is 0 Å². The first-order chi connectivity index (χ1) is 8.57. The largest absolute Gasteiger partial charge is 0.495 e. The summed E-state index contributed by atoms with van der Waals surface area (Å²) in [4.78, 5) is 11.1. The third-order valence-electron chi connectivity index (χ3n) is 2.35. The fourth-order valence-corrected chi connectivity index (χ4v) is 3.83. The summed E-state index contributed by atoms with van der Waals surface area (Å²) in [5, 5.41) is -0.655. The van der Waals surface area contributed by atoms with E-state index in [4.69, 9.17) is 16.3 Å². The molecule has 6 heteroatoms. The summed E-state index contributed by atoms with van der Waals surface area (Å²) in [6, 6.07) is 4.08. The molecular formula is C13H17ClO4S. The van der Waals surface area contributed by atoms with Gasteiger partial charge in [0, 0.05) is 5.56 Å². The lowest BCUT2D eigenvalue weighted by atomic mass is 10.0. The van der Waals surface area contributed by atoms with Gasteiger partial charge in [-0.2, -0.15) is 0 Å². The van der Waals surface area contributed by atoms with Crippen LogP contribution in [0.3, 0.4) is 0 Å². The van der Waals surface area contributed by atoms with Gasteiger partial charge in [0.25, 0.3) is 5.24 Å². The zero-order chi connectivity index (χ0) is 14.8. The van der Waals surface area contributed by atoms with Crippen LogP contribution in [0.15, 0.2) is 23.1 Å². The SMILES string of the molecule is COc1cc(C(=O)Cl)ccc1S(=O)(=O)CC(C)(C)C. The number of halogens is 1. The number of benzene rings is 1.